The number of hydrogen-bond acceptors (Lipinski definition) is 1. The average Bonchev–Trinajstić information content (AvgIpc) is 2.51. The zero-order valence-corrected chi connectivity index (χ0v) is 15.6. The topological polar surface area (TPSA) is 9.23 Å². The van der Waals surface area contributed by atoms with Crippen LogP contribution in [0.25, 0.3) is 24.3 Å². The van der Waals surface area contributed by atoms with Crippen LogP contribution in [0.1, 0.15) is 22.3 Å². The predicted octanol–water partition coefficient (Wildman–Crippen LogP) is 5.36. The molecule has 0 heterocycles. The fourth-order valence-corrected chi connectivity index (χ4v) is 2.17. The Morgan fingerprint density at radius 1 is 0.783 bits per heavy atom. The van der Waals surface area contributed by atoms with E-state index in [0.717, 1.165) is 0 Å². The molecule has 3 radical (unpaired) electrons. The lowest BCUT2D eigenvalue weighted by molar-refractivity contribution is 0.627. The van der Waals surface area contributed by atoms with Gasteiger partial charge in [0.05, 0.1) is 0 Å². The molecule has 0 atom stereocenters. The highest BCUT2D eigenvalue weighted by molar-refractivity contribution is 6.78. The summed E-state index contributed by atoms with van der Waals surface area (Å²) in [5.74, 6) is 0. The smallest absolute Gasteiger partial charge is 0.230 e. The van der Waals surface area contributed by atoms with E-state index in [2.05, 4.69) is 89.9 Å². The Morgan fingerprint density at radius 2 is 1.09 bits per heavy atom. The van der Waals surface area contributed by atoms with Gasteiger partial charge in [-0.2, -0.15) is 0 Å². The molecule has 0 aromatic heterocycles. The molecule has 115 valence electrons. The maximum atomic E-state index is 4.91. The van der Waals surface area contributed by atoms with Crippen molar-refractivity contribution in [2.45, 2.75) is 13.1 Å². The summed E-state index contributed by atoms with van der Waals surface area (Å²) in [6, 6.07) is 16.7. The van der Waals surface area contributed by atoms with E-state index in [4.69, 9.17) is 4.12 Å². The van der Waals surface area contributed by atoms with Crippen LogP contribution in [-0.2, 0) is 4.12 Å². The van der Waals surface area contributed by atoms with Crippen LogP contribution >= 0.6 is 0 Å². The normalized spacial score (nSPS) is 12.1. The second kappa shape index (κ2) is 8.06. The minimum Gasteiger partial charge on any atom is -0.454 e. The Balaban J connectivity index is 0.000000126. The van der Waals surface area contributed by atoms with Gasteiger partial charge >= 0.3 is 0 Å². The first kappa shape index (κ1) is 17.4. The highest BCUT2D eigenvalue weighted by Crippen LogP contribution is 2.22. The Labute approximate surface area is 143 Å². The van der Waals surface area contributed by atoms with Gasteiger partial charge in [0.25, 0.3) is 0 Å². The lowest BCUT2D eigenvalue weighted by Crippen LogP contribution is -2.25. The fraction of sp³-hybridized carbons (Fsp3) is 0.100. The molecular weight excluding hydrogens is 312 g/mol. The second-order valence-electron chi connectivity index (χ2n) is 5.83. The number of hydrogen-bond donors (Lipinski definition) is 0. The van der Waals surface area contributed by atoms with Gasteiger partial charge in [-0.05, 0) is 35.3 Å². The standard InChI is InChI=1S/2C8H6.C4H9OSi2/c2*1-2-4-8-6-5-7(8)3-1;1-4-7(2,3)5-6/h2*1-6H;4H,1H2,2-3H3. The second-order valence-corrected chi connectivity index (χ2v) is 10.3. The van der Waals surface area contributed by atoms with Crippen LogP contribution in [-0.4, -0.2) is 18.8 Å². The lowest BCUT2D eigenvalue weighted by atomic mass is 9.99. The van der Waals surface area contributed by atoms with Crippen LogP contribution < -0.4 is 0 Å². The molecule has 0 aliphatic heterocycles. The van der Waals surface area contributed by atoms with E-state index in [9.17, 15) is 0 Å². The van der Waals surface area contributed by atoms with Crippen LogP contribution in [0.2, 0.25) is 13.1 Å². The van der Waals surface area contributed by atoms with Crippen molar-refractivity contribution < 1.29 is 4.12 Å². The Kier molecular flexibility index (Phi) is 6.10. The summed E-state index contributed by atoms with van der Waals surface area (Å²) in [4.78, 5) is 0. The SMILES string of the molecule is C1=Cc2ccccc21.C1=Cc2ccccc21.C=C[Si](C)(C)O[Si]. The molecule has 0 saturated carbocycles. The van der Waals surface area contributed by atoms with Crippen molar-refractivity contribution in [3.05, 3.63) is 83.1 Å². The monoisotopic (exact) mass is 333 g/mol. The summed E-state index contributed by atoms with van der Waals surface area (Å²) >= 11 is 0. The molecule has 0 spiro atoms. The molecule has 0 amide bonds. The molecule has 2 aliphatic carbocycles. The van der Waals surface area contributed by atoms with E-state index in [1.54, 1.807) is 0 Å². The molecule has 0 fully saturated rings. The van der Waals surface area contributed by atoms with E-state index in [0.29, 0.717) is 0 Å². The van der Waals surface area contributed by atoms with Gasteiger partial charge in [-0.25, -0.2) is 0 Å². The molecule has 0 unspecified atom stereocenters. The summed E-state index contributed by atoms with van der Waals surface area (Å²) < 4.78 is 4.91. The van der Waals surface area contributed by atoms with Crippen LogP contribution in [0.3, 0.4) is 0 Å². The number of rotatable bonds is 2. The van der Waals surface area contributed by atoms with Gasteiger partial charge in [0.15, 0.2) is 8.32 Å². The van der Waals surface area contributed by atoms with Crippen molar-refractivity contribution in [3.63, 3.8) is 0 Å². The summed E-state index contributed by atoms with van der Waals surface area (Å²) in [5.41, 5.74) is 7.33. The van der Waals surface area contributed by atoms with Gasteiger partial charge in [-0.1, -0.05) is 78.5 Å². The molecule has 0 bridgehead atoms. The van der Waals surface area contributed by atoms with Gasteiger partial charge in [-0.3, -0.25) is 0 Å². The molecule has 0 saturated heterocycles. The maximum absolute atomic E-state index is 4.91. The molecule has 0 N–H and O–H groups in total. The average molecular weight is 334 g/mol. The van der Waals surface area contributed by atoms with Crippen LogP contribution in [0.5, 0.6) is 0 Å². The van der Waals surface area contributed by atoms with E-state index in [1.807, 2.05) is 18.8 Å². The highest BCUT2D eigenvalue weighted by atomic mass is 28.4. The molecule has 2 aromatic carbocycles. The van der Waals surface area contributed by atoms with Crippen molar-refractivity contribution in [3.8, 4) is 0 Å². The van der Waals surface area contributed by atoms with E-state index < -0.39 is 8.32 Å². The summed E-state index contributed by atoms with van der Waals surface area (Å²) in [6.07, 6.45) is 8.48. The van der Waals surface area contributed by atoms with E-state index in [1.165, 1.54) is 22.3 Å². The van der Waals surface area contributed by atoms with Crippen molar-refractivity contribution in [1.82, 2.24) is 0 Å². The third-order valence-electron chi connectivity index (χ3n) is 3.63. The van der Waals surface area contributed by atoms with Gasteiger partial charge in [0.1, 0.15) is 0 Å². The lowest BCUT2D eigenvalue weighted by Gasteiger charge is -2.12. The Morgan fingerprint density at radius 3 is 1.17 bits per heavy atom. The first-order valence-corrected chi connectivity index (χ1v) is 11.0. The van der Waals surface area contributed by atoms with Crippen molar-refractivity contribution >= 4 is 43.1 Å². The fourth-order valence-electron chi connectivity index (χ4n) is 1.84. The molecule has 4 rings (SSSR count). The first-order valence-electron chi connectivity index (χ1n) is 7.58. The van der Waals surface area contributed by atoms with Gasteiger partial charge < -0.3 is 4.12 Å². The Hall–Kier alpha value is -1.95. The zero-order chi connectivity index (χ0) is 16.7. The molecule has 2 aliphatic rings. The predicted molar refractivity (Wildman–Crippen MR) is 105 cm³/mol. The number of fused-ring (bicyclic) bond motifs is 2. The molecule has 3 heteroatoms. The van der Waals surface area contributed by atoms with Crippen LogP contribution in [0.4, 0.5) is 0 Å². The molecule has 23 heavy (non-hydrogen) atoms. The van der Waals surface area contributed by atoms with E-state index in [-0.39, 0.29) is 0 Å². The van der Waals surface area contributed by atoms with Gasteiger partial charge in [-0.15, -0.1) is 6.58 Å². The summed E-state index contributed by atoms with van der Waals surface area (Å²) in [6.45, 7) is 7.71. The van der Waals surface area contributed by atoms with Crippen molar-refractivity contribution in [2.24, 2.45) is 0 Å². The maximum Gasteiger partial charge on any atom is 0.230 e. The van der Waals surface area contributed by atoms with Crippen LogP contribution in [0, 0.1) is 0 Å². The molecule has 2 aromatic rings. The minimum atomic E-state index is -1.47. The molecule has 1 nitrogen and oxygen atoms in total. The third-order valence-corrected chi connectivity index (χ3v) is 6.72. The van der Waals surface area contributed by atoms with Gasteiger partial charge in [0, 0.05) is 0 Å². The highest BCUT2D eigenvalue weighted by Gasteiger charge is 2.12. The van der Waals surface area contributed by atoms with Crippen LogP contribution in [0.15, 0.2) is 60.8 Å². The zero-order valence-electron chi connectivity index (χ0n) is 13.6. The van der Waals surface area contributed by atoms with Gasteiger partial charge in [0.2, 0.25) is 10.5 Å². The summed E-state index contributed by atoms with van der Waals surface area (Å²) in [7, 11) is 1.49. The first-order chi connectivity index (χ1) is 11.1. The van der Waals surface area contributed by atoms with Crippen molar-refractivity contribution in [2.75, 3.05) is 0 Å². The quantitative estimate of drug-likeness (QED) is 0.449. The van der Waals surface area contributed by atoms with E-state index >= 15 is 0 Å². The van der Waals surface area contributed by atoms with Crippen molar-refractivity contribution in [1.29, 1.82) is 0 Å². The molecular formula is C20H21OSi2. The largest absolute Gasteiger partial charge is 0.454 e. The minimum absolute atomic E-state index is 1.37. The number of benzene rings is 2. The summed E-state index contributed by atoms with van der Waals surface area (Å²) in [5, 5.41) is 0. The third kappa shape index (κ3) is 5.03. The Bertz CT molecular complexity index is 626.